The van der Waals surface area contributed by atoms with Crippen molar-refractivity contribution < 1.29 is 17.9 Å². The molecule has 0 atom stereocenters. The van der Waals surface area contributed by atoms with Crippen LogP contribution in [0.4, 0.5) is 5.69 Å². The van der Waals surface area contributed by atoms with Crippen molar-refractivity contribution >= 4 is 37.5 Å². The summed E-state index contributed by atoms with van der Waals surface area (Å²) in [6, 6.07) is 11.7. The maximum absolute atomic E-state index is 13.1. The van der Waals surface area contributed by atoms with Gasteiger partial charge in [-0.25, -0.2) is 8.42 Å². The van der Waals surface area contributed by atoms with E-state index in [0.29, 0.717) is 18.8 Å². The molecule has 144 valence electrons. The summed E-state index contributed by atoms with van der Waals surface area (Å²) in [6.45, 7) is 0.972. The summed E-state index contributed by atoms with van der Waals surface area (Å²) in [5, 5.41) is 2.78. The predicted octanol–water partition coefficient (Wildman–Crippen LogP) is 3.88. The second-order valence-electron chi connectivity index (χ2n) is 6.29. The number of rotatable bonds is 5. The normalized spacial score (nSPS) is 15.3. The number of methoxy groups -OCH3 is 1. The van der Waals surface area contributed by atoms with Gasteiger partial charge in [-0.1, -0.05) is 28.4 Å². The van der Waals surface area contributed by atoms with Crippen molar-refractivity contribution in [1.29, 1.82) is 0 Å². The number of nitrogens with one attached hydrogen (secondary N) is 1. The zero-order valence-corrected chi connectivity index (χ0v) is 17.3. The van der Waals surface area contributed by atoms with Gasteiger partial charge in [0.1, 0.15) is 10.6 Å². The highest BCUT2D eigenvalue weighted by molar-refractivity contribution is 9.10. The van der Waals surface area contributed by atoms with Gasteiger partial charge in [-0.3, -0.25) is 4.79 Å². The van der Waals surface area contributed by atoms with E-state index in [9.17, 15) is 13.2 Å². The van der Waals surface area contributed by atoms with Gasteiger partial charge in [0.2, 0.25) is 10.0 Å². The van der Waals surface area contributed by atoms with Crippen molar-refractivity contribution in [1.82, 2.24) is 4.31 Å². The molecule has 2 aromatic rings. The van der Waals surface area contributed by atoms with Gasteiger partial charge in [-0.05, 0) is 49.2 Å². The molecule has 1 fully saturated rings. The van der Waals surface area contributed by atoms with Crippen LogP contribution in [0, 0.1) is 0 Å². The number of nitrogens with zero attached hydrogens (tertiary/aromatic N) is 1. The third kappa shape index (κ3) is 4.51. The van der Waals surface area contributed by atoms with E-state index in [1.807, 2.05) is 6.07 Å². The second-order valence-corrected chi connectivity index (χ2v) is 9.12. The largest absolute Gasteiger partial charge is 0.495 e. The van der Waals surface area contributed by atoms with Crippen LogP contribution in [0.5, 0.6) is 5.75 Å². The van der Waals surface area contributed by atoms with E-state index in [1.165, 1.54) is 23.5 Å². The Morgan fingerprint density at radius 1 is 1.11 bits per heavy atom. The number of anilines is 1. The minimum Gasteiger partial charge on any atom is -0.495 e. The van der Waals surface area contributed by atoms with Crippen molar-refractivity contribution in [2.45, 2.75) is 24.2 Å². The van der Waals surface area contributed by atoms with E-state index in [0.717, 1.165) is 23.7 Å². The Labute approximate surface area is 167 Å². The monoisotopic (exact) mass is 452 g/mol. The summed E-state index contributed by atoms with van der Waals surface area (Å²) < 4.78 is 33.7. The number of ether oxygens (including phenoxy) is 1. The van der Waals surface area contributed by atoms with E-state index in [1.54, 1.807) is 24.3 Å². The number of hydrogen-bond donors (Lipinski definition) is 1. The minimum atomic E-state index is -3.72. The first-order valence-electron chi connectivity index (χ1n) is 8.67. The summed E-state index contributed by atoms with van der Waals surface area (Å²) >= 11 is 3.36. The molecule has 0 aliphatic carbocycles. The van der Waals surface area contributed by atoms with Gasteiger partial charge in [0, 0.05) is 28.8 Å². The summed E-state index contributed by atoms with van der Waals surface area (Å²) in [5.74, 6) is -0.148. The van der Waals surface area contributed by atoms with Crippen molar-refractivity contribution in [3.63, 3.8) is 0 Å². The summed E-state index contributed by atoms with van der Waals surface area (Å²) in [7, 11) is -2.30. The number of piperidine rings is 1. The SMILES string of the molecule is COc1ccc(C(=O)Nc2cccc(Br)c2)cc1S(=O)(=O)N1CCCCC1. The average Bonchev–Trinajstić information content (AvgIpc) is 2.68. The van der Waals surface area contributed by atoms with E-state index >= 15 is 0 Å². The maximum Gasteiger partial charge on any atom is 0.255 e. The van der Waals surface area contributed by atoms with Crippen LogP contribution in [-0.2, 0) is 10.0 Å². The highest BCUT2D eigenvalue weighted by Crippen LogP contribution is 2.30. The Hall–Kier alpha value is -1.90. The predicted molar refractivity (Wildman–Crippen MR) is 108 cm³/mol. The van der Waals surface area contributed by atoms with Crippen LogP contribution in [0.15, 0.2) is 51.8 Å². The summed E-state index contributed by atoms with van der Waals surface area (Å²) in [5.41, 5.74) is 0.872. The number of sulfonamides is 1. The van der Waals surface area contributed by atoms with Gasteiger partial charge in [0.15, 0.2) is 0 Å². The number of amides is 1. The molecule has 3 rings (SSSR count). The van der Waals surface area contributed by atoms with Gasteiger partial charge in [0.25, 0.3) is 5.91 Å². The smallest absolute Gasteiger partial charge is 0.255 e. The van der Waals surface area contributed by atoms with Gasteiger partial charge < -0.3 is 10.1 Å². The fourth-order valence-electron chi connectivity index (χ4n) is 3.03. The average molecular weight is 453 g/mol. The molecular formula is C19H21BrN2O4S. The lowest BCUT2D eigenvalue weighted by Crippen LogP contribution is -2.35. The van der Waals surface area contributed by atoms with Crippen LogP contribution in [-0.4, -0.2) is 38.8 Å². The molecule has 1 amide bonds. The first-order valence-corrected chi connectivity index (χ1v) is 10.9. The molecule has 2 aromatic carbocycles. The number of halogens is 1. The molecule has 1 aliphatic heterocycles. The van der Waals surface area contributed by atoms with E-state index in [4.69, 9.17) is 4.74 Å². The highest BCUT2D eigenvalue weighted by Gasteiger charge is 2.29. The lowest BCUT2D eigenvalue weighted by Gasteiger charge is -2.26. The molecule has 0 bridgehead atoms. The van der Waals surface area contributed by atoms with Gasteiger partial charge in [-0.2, -0.15) is 4.31 Å². The molecule has 0 spiro atoms. The van der Waals surface area contributed by atoms with Gasteiger partial charge in [-0.15, -0.1) is 0 Å². The van der Waals surface area contributed by atoms with E-state index < -0.39 is 10.0 Å². The zero-order valence-electron chi connectivity index (χ0n) is 14.9. The zero-order chi connectivity index (χ0) is 19.4. The Morgan fingerprint density at radius 3 is 2.52 bits per heavy atom. The standard InChI is InChI=1S/C19H21BrN2O4S/c1-26-17-9-8-14(19(23)21-16-7-5-6-15(20)13-16)12-18(17)27(24,25)22-10-3-2-4-11-22/h5-9,12-13H,2-4,10-11H2,1H3,(H,21,23). The molecule has 1 heterocycles. The molecular weight excluding hydrogens is 432 g/mol. The van der Waals surface area contributed by atoms with Crippen LogP contribution < -0.4 is 10.1 Å². The van der Waals surface area contributed by atoms with Crippen LogP contribution in [0.25, 0.3) is 0 Å². The molecule has 1 aliphatic rings. The number of benzene rings is 2. The molecule has 0 unspecified atom stereocenters. The number of carbonyl (C=O) groups excluding carboxylic acids is 1. The minimum absolute atomic E-state index is 0.0220. The van der Waals surface area contributed by atoms with Crippen molar-refractivity contribution in [2.75, 3.05) is 25.5 Å². The van der Waals surface area contributed by atoms with Gasteiger partial charge >= 0.3 is 0 Å². The quantitative estimate of drug-likeness (QED) is 0.746. The van der Waals surface area contributed by atoms with Crippen LogP contribution in [0.2, 0.25) is 0 Å². The number of hydrogen-bond acceptors (Lipinski definition) is 4. The Morgan fingerprint density at radius 2 is 1.85 bits per heavy atom. The van der Waals surface area contributed by atoms with Crippen LogP contribution in [0.1, 0.15) is 29.6 Å². The molecule has 1 N–H and O–H groups in total. The molecule has 6 nitrogen and oxygen atoms in total. The van der Waals surface area contributed by atoms with Crippen molar-refractivity contribution in [3.8, 4) is 5.75 Å². The molecule has 27 heavy (non-hydrogen) atoms. The highest BCUT2D eigenvalue weighted by atomic mass is 79.9. The molecule has 0 saturated carbocycles. The van der Waals surface area contributed by atoms with E-state index in [-0.39, 0.29) is 22.1 Å². The van der Waals surface area contributed by atoms with Crippen molar-refractivity contribution in [3.05, 3.63) is 52.5 Å². The third-order valence-electron chi connectivity index (χ3n) is 4.44. The first kappa shape index (κ1) is 19.9. The van der Waals surface area contributed by atoms with Gasteiger partial charge in [0.05, 0.1) is 7.11 Å². The molecule has 0 aromatic heterocycles. The van der Waals surface area contributed by atoms with E-state index in [2.05, 4.69) is 21.2 Å². The maximum atomic E-state index is 13.1. The lowest BCUT2D eigenvalue weighted by atomic mass is 10.2. The Bertz CT molecular complexity index is 940. The Balaban J connectivity index is 1.92. The summed E-state index contributed by atoms with van der Waals surface area (Å²) in [4.78, 5) is 12.6. The topological polar surface area (TPSA) is 75.7 Å². The fourth-order valence-corrected chi connectivity index (χ4v) is 5.13. The van der Waals surface area contributed by atoms with Crippen LogP contribution in [0.3, 0.4) is 0 Å². The molecule has 1 saturated heterocycles. The first-order chi connectivity index (χ1) is 12.9. The fraction of sp³-hybridized carbons (Fsp3) is 0.316. The second kappa shape index (κ2) is 8.41. The van der Waals surface area contributed by atoms with Crippen LogP contribution >= 0.6 is 15.9 Å². The Kier molecular flexibility index (Phi) is 6.18. The summed E-state index contributed by atoms with van der Waals surface area (Å²) in [6.07, 6.45) is 2.70. The lowest BCUT2D eigenvalue weighted by molar-refractivity contribution is 0.102. The molecule has 0 radical (unpaired) electrons. The van der Waals surface area contributed by atoms with Crippen molar-refractivity contribution in [2.24, 2.45) is 0 Å². The molecule has 8 heteroatoms. The number of carbonyl (C=O) groups is 1. The third-order valence-corrected chi connectivity index (χ3v) is 6.85.